The highest BCUT2D eigenvalue weighted by Gasteiger charge is 2.17. The molecule has 0 bridgehead atoms. The van der Waals surface area contributed by atoms with E-state index in [0.29, 0.717) is 12.5 Å². The van der Waals surface area contributed by atoms with Crippen LogP contribution >= 0.6 is 0 Å². The summed E-state index contributed by atoms with van der Waals surface area (Å²) in [6, 6.07) is 0. The van der Waals surface area contributed by atoms with Crippen molar-refractivity contribution in [1.82, 2.24) is 15.3 Å². The van der Waals surface area contributed by atoms with E-state index >= 15 is 0 Å². The van der Waals surface area contributed by atoms with Crippen LogP contribution in [0.5, 0.6) is 0 Å². The Balaban J connectivity index is 2.60. The molecule has 2 N–H and O–H groups in total. The van der Waals surface area contributed by atoms with Crippen molar-refractivity contribution in [2.45, 2.75) is 32.9 Å². The van der Waals surface area contributed by atoms with Crippen molar-refractivity contribution in [3.05, 3.63) is 18.0 Å². The third kappa shape index (κ3) is 5.10. The van der Waals surface area contributed by atoms with E-state index in [-0.39, 0.29) is 0 Å². The highest BCUT2D eigenvalue weighted by Crippen LogP contribution is 2.10. The molecule has 0 aliphatic carbocycles. The SMILES string of the molecule is CCNCc1cnc(N(C)CC(C)(C)O)nc1. The predicted octanol–water partition coefficient (Wildman–Crippen LogP) is 0.793. The summed E-state index contributed by atoms with van der Waals surface area (Å²) in [4.78, 5) is 10.4. The van der Waals surface area contributed by atoms with Crippen LogP contribution in [-0.2, 0) is 6.54 Å². The van der Waals surface area contributed by atoms with Crippen LogP contribution in [0.25, 0.3) is 0 Å². The molecule has 0 aliphatic rings. The molecule has 5 nitrogen and oxygen atoms in total. The number of anilines is 1. The van der Waals surface area contributed by atoms with E-state index in [1.165, 1.54) is 0 Å². The number of likely N-dealkylation sites (N-methyl/N-ethyl adjacent to an activating group) is 1. The summed E-state index contributed by atoms with van der Waals surface area (Å²) in [6.07, 6.45) is 3.62. The number of hydrogen-bond donors (Lipinski definition) is 2. The van der Waals surface area contributed by atoms with Gasteiger partial charge in [-0.1, -0.05) is 6.92 Å². The number of aromatic nitrogens is 2. The van der Waals surface area contributed by atoms with Crippen molar-refractivity contribution in [2.24, 2.45) is 0 Å². The minimum atomic E-state index is -0.749. The van der Waals surface area contributed by atoms with Crippen molar-refractivity contribution in [3.63, 3.8) is 0 Å². The standard InChI is InChI=1S/C12H22N4O/c1-5-13-6-10-7-14-11(15-8-10)16(4)9-12(2,3)17/h7-8,13,17H,5-6,9H2,1-4H3. The Hall–Kier alpha value is -1.20. The Morgan fingerprint density at radius 1 is 1.35 bits per heavy atom. The van der Waals surface area contributed by atoms with Crippen LogP contribution < -0.4 is 10.2 Å². The van der Waals surface area contributed by atoms with E-state index in [1.807, 2.05) is 24.3 Å². The highest BCUT2D eigenvalue weighted by atomic mass is 16.3. The van der Waals surface area contributed by atoms with Gasteiger partial charge in [0, 0.05) is 38.1 Å². The van der Waals surface area contributed by atoms with Gasteiger partial charge in [-0.3, -0.25) is 0 Å². The summed E-state index contributed by atoms with van der Waals surface area (Å²) in [5, 5.41) is 12.9. The van der Waals surface area contributed by atoms with Crippen molar-refractivity contribution in [2.75, 3.05) is 25.0 Å². The monoisotopic (exact) mass is 238 g/mol. The number of nitrogens with zero attached hydrogens (tertiary/aromatic N) is 3. The van der Waals surface area contributed by atoms with Crippen LogP contribution in [0.2, 0.25) is 0 Å². The summed E-state index contributed by atoms with van der Waals surface area (Å²) >= 11 is 0. The first-order valence-corrected chi connectivity index (χ1v) is 5.87. The van der Waals surface area contributed by atoms with Crippen molar-refractivity contribution in [3.8, 4) is 0 Å². The molecule has 0 amide bonds. The van der Waals surface area contributed by atoms with Crippen LogP contribution in [-0.4, -0.2) is 40.8 Å². The molecular formula is C12H22N4O. The minimum absolute atomic E-state index is 0.500. The van der Waals surface area contributed by atoms with E-state index in [9.17, 15) is 5.11 Å². The number of nitrogens with one attached hydrogen (secondary N) is 1. The van der Waals surface area contributed by atoms with E-state index in [1.54, 1.807) is 13.8 Å². The molecule has 1 heterocycles. The molecule has 0 unspecified atom stereocenters. The molecule has 0 saturated heterocycles. The fourth-order valence-electron chi connectivity index (χ4n) is 1.56. The molecule has 0 aromatic carbocycles. The predicted molar refractivity (Wildman–Crippen MR) is 69.0 cm³/mol. The first-order valence-electron chi connectivity index (χ1n) is 5.87. The summed E-state index contributed by atoms with van der Waals surface area (Å²) in [5.74, 6) is 0.632. The topological polar surface area (TPSA) is 61.3 Å². The third-order valence-corrected chi connectivity index (χ3v) is 2.24. The van der Waals surface area contributed by atoms with Crippen molar-refractivity contribution >= 4 is 5.95 Å². The summed E-state index contributed by atoms with van der Waals surface area (Å²) in [7, 11) is 1.87. The minimum Gasteiger partial charge on any atom is -0.389 e. The van der Waals surface area contributed by atoms with Crippen LogP contribution in [0.15, 0.2) is 12.4 Å². The Kier molecular flexibility index (Phi) is 4.84. The van der Waals surface area contributed by atoms with Gasteiger partial charge in [0.2, 0.25) is 5.95 Å². The van der Waals surface area contributed by atoms with Gasteiger partial charge >= 0.3 is 0 Å². The number of aliphatic hydroxyl groups is 1. The van der Waals surface area contributed by atoms with Gasteiger partial charge in [0.25, 0.3) is 0 Å². The molecule has 0 aliphatic heterocycles. The van der Waals surface area contributed by atoms with E-state index in [2.05, 4.69) is 22.2 Å². The lowest BCUT2D eigenvalue weighted by molar-refractivity contribution is 0.0883. The van der Waals surface area contributed by atoms with Crippen molar-refractivity contribution < 1.29 is 5.11 Å². The van der Waals surface area contributed by atoms with E-state index in [0.717, 1.165) is 18.7 Å². The number of hydrogen-bond acceptors (Lipinski definition) is 5. The van der Waals surface area contributed by atoms with Gasteiger partial charge in [-0.15, -0.1) is 0 Å². The Morgan fingerprint density at radius 3 is 2.41 bits per heavy atom. The fraction of sp³-hybridized carbons (Fsp3) is 0.667. The van der Waals surface area contributed by atoms with E-state index in [4.69, 9.17) is 0 Å². The maximum absolute atomic E-state index is 9.71. The molecule has 1 rings (SSSR count). The molecule has 96 valence electrons. The summed E-state index contributed by atoms with van der Waals surface area (Å²) in [5.41, 5.74) is 0.313. The zero-order valence-electron chi connectivity index (χ0n) is 11.1. The molecule has 0 radical (unpaired) electrons. The Bertz CT molecular complexity index is 331. The fourth-order valence-corrected chi connectivity index (χ4v) is 1.56. The molecule has 5 heteroatoms. The van der Waals surface area contributed by atoms with Gasteiger partial charge in [0.05, 0.1) is 5.60 Å². The summed E-state index contributed by atoms with van der Waals surface area (Å²) in [6.45, 7) is 7.81. The van der Waals surface area contributed by atoms with Crippen LogP contribution in [0, 0.1) is 0 Å². The Morgan fingerprint density at radius 2 is 1.94 bits per heavy atom. The van der Waals surface area contributed by atoms with Crippen molar-refractivity contribution in [1.29, 1.82) is 0 Å². The quantitative estimate of drug-likeness (QED) is 0.767. The first kappa shape index (κ1) is 13.9. The lowest BCUT2D eigenvalue weighted by atomic mass is 10.1. The van der Waals surface area contributed by atoms with Crippen LogP contribution in [0.1, 0.15) is 26.3 Å². The maximum atomic E-state index is 9.71. The smallest absolute Gasteiger partial charge is 0.225 e. The summed E-state index contributed by atoms with van der Waals surface area (Å²) < 4.78 is 0. The average molecular weight is 238 g/mol. The second-order valence-corrected chi connectivity index (χ2v) is 4.84. The average Bonchev–Trinajstić information content (AvgIpc) is 2.24. The van der Waals surface area contributed by atoms with Gasteiger partial charge in [-0.05, 0) is 20.4 Å². The van der Waals surface area contributed by atoms with Gasteiger partial charge in [-0.2, -0.15) is 0 Å². The van der Waals surface area contributed by atoms with Crippen LogP contribution in [0.4, 0.5) is 5.95 Å². The second-order valence-electron chi connectivity index (χ2n) is 4.84. The molecule has 0 fully saturated rings. The van der Waals surface area contributed by atoms with Crippen LogP contribution in [0.3, 0.4) is 0 Å². The third-order valence-electron chi connectivity index (χ3n) is 2.24. The maximum Gasteiger partial charge on any atom is 0.225 e. The molecule has 0 atom stereocenters. The molecule has 0 saturated carbocycles. The van der Waals surface area contributed by atoms with Gasteiger partial charge in [0.15, 0.2) is 0 Å². The zero-order chi connectivity index (χ0) is 12.9. The number of rotatable bonds is 6. The molecule has 1 aromatic rings. The Labute approximate surface area is 103 Å². The molecule has 1 aromatic heterocycles. The zero-order valence-corrected chi connectivity index (χ0v) is 11.1. The lowest BCUT2D eigenvalue weighted by Gasteiger charge is -2.25. The van der Waals surface area contributed by atoms with Gasteiger partial charge in [0.1, 0.15) is 0 Å². The second kappa shape index (κ2) is 5.93. The van der Waals surface area contributed by atoms with Gasteiger partial charge in [-0.25, -0.2) is 9.97 Å². The highest BCUT2D eigenvalue weighted by molar-refractivity contribution is 5.29. The molecular weight excluding hydrogens is 216 g/mol. The normalized spacial score (nSPS) is 11.6. The lowest BCUT2D eigenvalue weighted by Crippen LogP contribution is -2.37. The first-order chi connectivity index (χ1) is 7.92. The molecule has 17 heavy (non-hydrogen) atoms. The largest absolute Gasteiger partial charge is 0.389 e. The van der Waals surface area contributed by atoms with Gasteiger partial charge < -0.3 is 15.3 Å². The van der Waals surface area contributed by atoms with E-state index < -0.39 is 5.60 Å². The molecule has 0 spiro atoms.